The zero-order valence-corrected chi connectivity index (χ0v) is 22.0. The average Bonchev–Trinajstić information content (AvgIpc) is 3.66. The van der Waals surface area contributed by atoms with E-state index in [-0.39, 0.29) is 0 Å². The van der Waals surface area contributed by atoms with Gasteiger partial charge in [-0.3, -0.25) is 10.1 Å². The smallest absolute Gasteiger partial charge is 0.159 e. The Balaban J connectivity index is 1.51. The molecule has 5 aromatic rings. The fourth-order valence-corrected chi connectivity index (χ4v) is 4.45. The third kappa shape index (κ3) is 4.93. The van der Waals surface area contributed by atoms with Crippen LogP contribution in [-0.2, 0) is 0 Å². The van der Waals surface area contributed by atoms with Crippen molar-refractivity contribution < 1.29 is 0 Å². The Hall–Kier alpha value is -4.72. The lowest BCUT2D eigenvalue weighted by atomic mass is 10.0. The molecule has 0 saturated heterocycles. The molecule has 1 aromatic carbocycles. The lowest BCUT2D eigenvalue weighted by Gasteiger charge is -2.11. The number of rotatable bonds is 10. The van der Waals surface area contributed by atoms with E-state index in [1.165, 1.54) is 0 Å². The van der Waals surface area contributed by atoms with E-state index < -0.39 is 0 Å². The van der Waals surface area contributed by atoms with Gasteiger partial charge >= 0.3 is 0 Å². The van der Waals surface area contributed by atoms with Gasteiger partial charge in [-0.05, 0) is 62.1 Å². The van der Waals surface area contributed by atoms with Crippen molar-refractivity contribution in [2.24, 2.45) is 0 Å². The Bertz CT molecular complexity index is 1690. The molecule has 0 amide bonds. The molecule has 192 valence electrons. The summed E-state index contributed by atoms with van der Waals surface area (Å²) in [6, 6.07) is 6.27. The van der Waals surface area contributed by atoms with Crippen LogP contribution in [0.2, 0.25) is 0 Å². The van der Waals surface area contributed by atoms with Crippen LogP contribution in [0.3, 0.4) is 0 Å². The van der Waals surface area contributed by atoms with Crippen LogP contribution in [0.1, 0.15) is 44.4 Å². The fraction of sp³-hybridized carbons (Fsp3) is 0.200. The first-order valence-electron chi connectivity index (χ1n) is 12.8. The minimum atomic E-state index is 0.674. The number of aryl methyl sites for hydroxylation is 1. The van der Waals surface area contributed by atoms with E-state index in [0.717, 1.165) is 80.8 Å². The number of imidazole rings is 2. The minimum absolute atomic E-state index is 0.674. The van der Waals surface area contributed by atoms with Crippen molar-refractivity contribution in [2.75, 3.05) is 0 Å². The topological polar surface area (TPSA) is 100 Å². The number of allylic oxidation sites excluding steroid dienone is 5. The van der Waals surface area contributed by atoms with E-state index >= 15 is 0 Å². The highest BCUT2D eigenvalue weighted by Crippen LogP contribution is 2.30. The molecule has 8 heteroatoms. The molecular weight excluding hydrogens is 472 g/mol. The third-order valence-electron chi connectivity index (χ3n) is 6.48. The maximum atomic E-state index is 4.92. The monoisotopic (exact) mass is 504 g/mol. The van der Waals surface area contributed by atoms with E-state index in [4.69, 9.17) is 4.98 Å². The van der Waals surface area contributed by atoms with Gasteiger partial charge < -0.3 is 14.9 Å². The van der Waals surface area contributed by atoms with E-state index in [1.807, 2.05) is 36.8 Å². The Labute approximate surface area is 221 Å². The van der Waals surface area contributed by atoms with Crippen molar-refractivity contribution in [2.45, 2.75) is 40.0 Å². The molecule has 8 nitrogen and oxygen atoms in total. The molecule has 0 saturated carbocycles. The standard InChI is InChI=1S/C30H32N8/c1-6-9-10-19(4)33-23(8-3)13-21(7-2)22-11-12-25-24(14-22)28(37-36-25)30-34-26-15-31-16-27(29(26)35-30)38-17-20(5)32-18-38/h7-8,11-18,33H,3-4,6,9-10H2,1-2,5H3,(H,34,35)(H,36,37)/b21-7+,23-13+. The van der Waals surface area contributed by atoms with Crippen molar-refractivity contribution in [1.82, 2.24) is 40.0 Å². The van der Waals surface area contributed by atoms with Gasteiger partial charge in [0.15, 0.2) is 5.82 Å². The molecule has 0 atom stereocenters. The van der Waals surface area contributed by atoms with Crippen molar-refractivity contribution in [3.05, 3.63) is 97.2 Å². The van der Waals surface area contributed by atoms with Crippen molar-refractivity contribution in [3.63, 3.8) is 0 Å². The number of hydrogen-bond donors (Lipinski definition) is 3. The van der Waals surface area contributed by atoms with Crippen LogP contribution in [0.5, 0.6) is 0 Å². The largest absolute Gasteiger partial charge is 0.359 e. The summed E-state index contributed by atoms with van der Waals surface area (Å²) >= 11 is 0. The summed E-state index contributed by atoms with van der Waals surface area (Å²) in [4.78, 5) is 17.1. The van der Waals surface area contributed by atoms with Crippen LogP contribution in [0.4, 0.5) is 0 Å². The Morgan fingerprint density at radius 3 is 2.82 bits per heavy atom. The molecule has 5 rings (SSSR count). The first-order chi connectivity index (χ1) is 18.5. The van der Waals surface area contributed by atoms with Gasteiger partial charge in [-0.1, -0.05) is 38.6 Å². The van der Waals surface area contributed by atoms with Gasteiger partial charge in [0.05, 0.1) is 41.1 Å². The normalized spacial score (nSPS) is 12.4. The molecule has 4 aromatic heterocycles. The van der Waals surface area contributed by atoms with Gasteiger partial charge in [0.25, 0.3) is 0 Å². The Morgan fingerprint density at radius 2 is 2.08 bits per heavy atom. The lowest BCUT2D eigenvalue weighted by Crippen LogP contribution is -2.10. The summed E-state index contributed by atoms with van der Waals surface area (Å²) in [6.45, 7) is 14.3. The van der Waals surface area contributed by atoms with Crippen LogP contribution in [0.15, 0.2) is 85.9 Å². The molecule has 0 aliphatic carbocycles. The van der Waals surface area contributed by atoms with Gasteiger partial charge in [0, 0.05) is 23.0 Å². The number of aromatic nitrogens is 7. The second-order valence-electron chi connectivity index (χ2n) is 9.28. The molecule has 38 heavy (non-hydrogen) atoms. The van der Waals surface area contributed by atoms with Crippen LogP contribution >= 0.6 is 0 Å². The van der Waals surface area contributed by atoms with Crippen LogP contribution in [0.25, 0.3) is 44.7 Å². The van der Waals surface area contributed by atoms with Crippen molar-refractivity contribution in [1.29, 1.82) is 0 Å². The van der Waals surface area contributed by atoms with E-state index in [1.54, 1.807) is 18.7 Å². The predicted molar refractivity (Wildman–Crippen MR) is 155 cm³/mol. The molecule has 0 aliphatic rings. The summed E-state index contributed by atoms with van der Waals surface area (Å²) in [5, 5.41) is 12.1. The van der Waals surface area contributed by atoms with Gasteiger partial charge in [-0.2, -0.15) is 5.10 Å². The Morgan fingerprint density at radius 1 is 1.21 bits per heavy atom. The second-order valence-corrected chi connectivity index (χ2v) is 9.28. The number of unbranched alkanes of at least 4 members (excludes halogenated alkanes) is 1. The molecule has 4 heterocycles. The number of fused-ring (bicyclic) bond motifs is 2. The molecule has 0 fully saturated rings. The van der Waals surface area contributed by atoms with Crippen LogP contribution in [-0.4, -0.2) is 34.7 Å². The molecular formula is C30H32N8. The summed E-state index contributed by atoms with van der Waals surface area (Å²) in [6.07, 6.45) is 16.5. The first kappa shape index (κ1) is 25.0. The summed E-state index contributed by atoms with van der Waals surface area (Å²) in [5.74, 6) is 0.674. The zero-order valence-electron chi connectivity index (χ0n) is 22.0. The number of nitrogens with zero attached hydrogens (tertiary/aromatic N) is 5. The quantitative estimate of drug-likeness (QED) is 0.182. The van der Waals surface area contributed by atoms with Gasteiger partial charge in [-0.25, -0.2) is 9.97 Å². The van der Waals surface area contributed by atoms with Crippen molar-refractivity contribution in [3.8, 4) is 17.2 Å². The van der Waals surface area contributed by atoms with E-state index in [9.17, 15) is 0 Å². The van der Waals surface area contributed by atoms with Gasteiger partial charge in [-0.15, -0.1) is 0 Å². The molecule has 3 N–H and O–H groups in total. The molecule has 0 aliphatic heterocycles. The number of H-pyrrole nitrogens is 2. The highest BCUT2D eigenvalue weighted by molar-refractivity contribution is 5.96. The minimum Gasteiger partial charge on any atom is -0.359 e. The number of hydrogen-bond acceptors (Lipinski definition) is 5. The van der Waals surface area contributed by atoms with Crippen molar-refractivity contribution >= 4 is 27.5 Å². The number of pyridine rings is 1. The highest BCUT2D eigenvalue weighted by Gasteiger charge is 2.16. The number of aromatic amines is 2. The number of nitrogens with one attached hydrogen (secondary N) is 3. The first-order valence-corrected chi connectivity index (χ1v) is 12.8. The highest BCUT2D eigenvalue weighted by atomic mass is 15.1. The van der Waals surface area contributed by atoms with Gasteiger partial charge in [0.1, 0.15) is 11.2 Å². The molecule has 0 spiro atoms. The summed E-state index contributed by atoms with van der Waals surface area (Å²) < 4.78 is 1.93. The predicted octanol–water partition coefficient (Wildman–Crippen LogP) is 6.76. The maximum Gasteiger partial charge on any atom is 0.159 e. The van der Waals surface area contributed by atoms with Crippen LogP contribution < -0.4 is 5.32 Å². The zero-order chi connectivity index (χ0) is 26.6. The fourth-order valence-electron chi connectivity index (χ4n) is 4.45. The SMILES string of the molecule is C=C/C(=C\C(=C/C)c1ccc2[nH]nc(-c3nc4c(-n5cnc(C)c5)cncc4[nH]3)c2c1)NC(=C)CCCC. The maximum absolute atomic E-state index is 4.92. The molecule has 0 unspecified atom stereocenters. The van der Waals surface area contributed by atoms with E-state index in [0.29, 0.717) is 5.82 Å². The second kappa shape index (κ2) is 10.7. The molecule has 0 bridgehead atoms. The van der Waals surface area contributed by atoms with Crippen LogP contribution in [0, 0.1) is 6.92 Å². The Kier molecular flexibility index (Phi) is 7.04. The van der Waals surface area contributed by atoms with Gasteiger partial charge in [0.2, 0.25) is 0 Å². The average molecular weight is 505 g/mol. The summed E-state index contributed by atoms with van der Waals surface area (Å²) in [5.41, 5.74) is 9.15. The lowest BCUT2D eigenvalue weighted by molar-refractivity contribution is 0.751. The molecule has 0 radical (unpaired) electrons. The van der Waals surface area contributed by atoms with E-state index in [2.05, 4.69) is 74.8 Å². The summed E-state index contributed by atoms with van der Waals surface area (Å²) in [7, 11) is 0. The number of benzene rings is 1. The third-order valence-corrected chi connectivity index (χ3v) is 6.48.